The lowest BCUT2D eigenvalue weighted by atomic mass is 10.2. The van der Waals surface area contributed by atoms with E-state index in [9.17, 15) is 4.79 Å². The second-order valence-electron chi connectivity index (χ2n) is 3.81. The van der Waals surface area contributed by atoms with E-state index in [4.69, 9.17) is 13.9 Å². The standard InChI is InChI=1S/C11H15N3O4/c1-3-5-17-11(15)14-4-6-16-7-9(14)10-13-12-8(2)18-10/h3,9H,1,4-7H2,2H3. The summed E-state index contributed by atoms with van der Waals surface area (Å²) in [5.74, 6) is 0.817. The molecule has 18 heavy (non-hydrogen) atoms. The van der Waals surface area contributed by atoms with Crippen molar-refractivity contribution >= 4 is 6.09 Å². The molecule has 0 aromatic carbocycles. The summed E-state index contributed by atoms with van der Waals surface area (Å²) in [6.07, 6.45) is 1.09. The topological polar surface area (TPSA) is 77.7 Å². The van der Waals surface area contributed by atoms with Crippen LogP contribution in [0.4, 0.5) is 4.79 Å². The van der Waals surface area contributed by atoms with E-state index in [2.05, 4.69) is 16.8 Å². The first-order valence-electron chi connectivity index (χ1n) is 5.64. The maximum absolute atomic E-state index is 11.9. The number of nitrogens with zero attached hydrogens (tertiary/aromatic N) is 3. The van der Waals surface area contributed by atoms with Crippen molar-refractivity contribution in [1.29, 1.82) is 0 Å². The Morgan fingerprint density at radius 2 is 2.50 bits per heavy atom. The first-order valence-corrected chi connectivity index (χ1v) is 5.64. The van der Waals surface area contributed by atoms with E-state index in [-0.39, 0.29) is 6.61 Å². The Labute approximate surface area is 104 Å². The summed E-state index contributed by atoms with van der Waals surface area (Å²) in [5.41, 5.74) is 0. The molecule has 7 nitrogen and oxygen atoms in total. The van der Waals surface area contributed by atoms with Gasteiger partial charge in [-0.05, 0) is 0 Å². The molecule has 2 heterocycles. The fraction of sp³-hybridized carbons (Fsp3) is 0.545. The molecular weight excluding hydrogens is 238 g/mol. The third-order valence-electron chi connectivity index (χ3n) is 2.51. The van der Waals surface area contributed by atoms with Gasteiger partial charge in [-0.25, -0.2) is 4.79 Å². The van der Waals surface area contributed by atoms with Crippen LogP contribution in [0.2, 0.25) is 0 Å². The summed E-state index contributed by atoms with van der Waals surface area (Å²) in [7, 11) is 0. The zero-order chi connectivity index (χ0) is 13.0. The smallest absolute Gasteiger partial charge is 0.410 e. The first-order chi connectivity index (χ1) is 8.72. The monoisotopic (exact) mass is 253 g/mol. The Hall–Kier alpha value is -1.89. The van der Waals surface area contributed by atoms with E-state index >= 15 is 0 Å². The van der Waals surface area contributed by atoms with Crippen LogP contribution >= 0.6 is 0 Å². The lowest BCUT2D eigenvalue weighted by Crippen LogP contribution is -2.43. The molecule has 0 saturated carbocycles. The molecule has 7 heteroatoms. The first kappa shape index (κ1) is 12.6. The van der Waals surface area contributed by atoms with E-state index in [1.807, 2.05) is 0 Å². The minimum atomic E-state index is -0.431. The van der Waals surface area contributed by atoms with Gasteiger partial charge in [0.2, 0.25) is 11.8 Å². The molecule has 1 aromatic rings. The molecule has 1 unspecified atom stereocenters. The number of carbonyl (C=O) groups excluding carboxylic acids is 1. The zero-order valence-electron chi connectivity index (χ0n) is 10.2. The number of ether oxygens (including phenoxy) is 2. The van der Waals surface area contributed by atoms with E-state index in [1.165, 1.54) is 11.0 Å². The molecule has 1 amide bonds. The molecule has 0 bridgehead atoms. The van der Waals surface area contributed by atoms with Crippen molar-refractivity contribution in [3.05, 3.63) is 24.4 Å². The zero-order valence-corrected chi connectivity index (χ0v) is 10.2. The Morgan fingerprint density at radius 1 is 1.67 bits per heavy atom. The number of hydrogen-bond donors (Lipinski definition) is 0. The van der Waals surface area contributed by atoms with Crippen molar-refractivity contribution in [2.75, 3.05) is 26.4 Å². The van der Waals surface area contributed by atoms with Gasteiger partial charge in [0, 0.05) is 13.5 Å². The van der Waals surface area contributed by atoms with Crippen LogP contribution in [0.5, 0.6) is 0 Å². The van der Waals surface area contributed by atoms with Crippen molar-refractivity contribution in [3.8, 4) is 0 Å². The number of hydrogen-bond acceptors (Lipinski definition) is 6. The van der Waals surface area contributed by atoms with Crippen molar-refractivity contribution in [2.24, 2.45) is 0 Å². The summed E-state index contributed by atoms with van der Waals surface area (Å²) in [6, 6.07) is -0.391. The summed E-state index contributed by atoms with van der Waals surface area (Å²) < 4.78 is 15.7. The lowest BCUT2D eigenvalue weighted by Gasteiger charge is -2.32. The molecule has 2 rings (SSSR count). The fourth-order valence-electron chi connectivity index (χ4n) is 1.69. The third-order valence-corrected chi connectivity index (χ3v) is 2.51. The lowest BCUT2D eigenvalue weighted by molar-refractivity contribution is -0.0162. The van der Waals surface area contributed by atoms with Crippen LogP contribution < -0.4 is 0 Å². The highest BCUT2D eigenvalue weighted by molar-refractivity contribution is 5.68. The molecule has 1 aliphatic heterocycles. The highest BCUT2D eigenvalue weighted by Crippen LogP contribution is 2.23. The van der Waals surface area contributed by atoms with Crippen LogP contribution in [-0.4, -0.2) is 47.6 Å². The third kappa shape index (κ3) is 2.67. The van der Waals surface area contributed by atoms with E-state index in [1.54, 1.807) is 6.92 Å². The van der Waals surface area contributed by atoms with Gasteiger partial charge in [-0.15, -0.1) is 10.2 Å². The normalized spacial score (nSPS) is 19.6. The van der Waals surface area contributed by atoms with Crippen molar-refractivity contribution in [1.82, 2.24) is 15.1 Å². The summed E-state index contributed by atoms with van der Waals surface area (Å²) >= 11 is 0. The van der Waals surface area contributed by atoms with Gasteiger partial charge in [0.05, 0.1) is 13.2 Å². The Morgan fingerprint density at radius 3 is 3.17 bits per heavy atom. The van der Waals surface area contributed by atoms with E-state index < -0.39 is 12.1 Å². The maximum Gasteiger partial charge on any atom is 0.410 e. The molecule has 1 saturated heterocycles. The number of morpholine rings is 1. The quantitative estimate of drug-likeness (QED) is 0.750. The average Bonchev–Trinajstić information content (AvgIpc) is 2.82. The fourth-order valence-corrected chi connectivity index (χ4v) is 1.69. The second-order valence-corrected chi connectivity index (χ2v) is 3.81. The van der Waals surface area contributed by atoms with Gasteiger partial charge < -0.3 is 13.9 Å². The number of carbonyl (C=O) groups is 1. The van der Waals surface area contributed by atoms with Crippen molar-refractivity contribution in [3.63, 3.8) is 0 Å². The van der Waals surface area contributed by atoms with Gasteiger partial charge in [-0.3, -0.25) is 4.90 Å². The SMILES string of the molecule is C=CCOC(=O)N1CCOCC1c1nnc(C)o1. The van der Waals surface area contributed by atoms with Gasteiger partial charge in [0.25, 0.3) is 0 Å². The van der Waals surface area contributed by atoms with Gasteiger partial charge >= 0.3 is 6.09 Å². The number of amides is 1. The number of aryl methyl sites for hydroxylation is 1. The van der Waals surface area contributed by atoms with E-state index in [0.29, 0.717) is 31.5 Å². The minimum Gasteiger partial charge on any atom is -0.445 e. The molecule has 0 spiro atoms. The predicted octanol–water partition coefficient (Wildman–Crippen LogP) is 1.07. The Bertz CT molecular complexity index is 432. The Balaban J connectivity index is 2.10. The minimum absolute atomic E-state index is 0.172. The molecule has 0 N–H and O–H groups in total. The van der Waals surface area contributed by atoms with Crippen molar-refractivity contribution in [2.45, 2.75) is 13.0 Å². The molecule has 1 aliphatic rings. The highest BCUT2D eigenvalue weighted by atomic mass is 16.6. The van der Waals surface area contributed by atoms with Crippen molar-refractivity contribution < 1.29 is 18.7 Å². The molecule has 1 fully saturated rings. The number of aromatic nitrogens is 2. The molecule has 98 valence electrons. The van der Waals surface area contributed by atoms with Crippen LogP contribution in [-0.2, 0) is 9.47 Å². The molecule has 0 aliphatic carbocycles. The maximum atomic E-state index is 11.9. The summed E-state index contributed by atoms with van der Waals surface area (Å²) in [6.45, 7) is 6.59. The Kier molecular flexibility index (Phi) is 3.93. The summed E-state index contributed by atoms with van der Waals surface area (Å²) in [5, 5.41) is 7.67. The largest absolute Gasteiger partial charge is 0.445 e. The molecule has 1 atom stereocenters. The van der Waals surface area contributed by atoms with E-state index in [0.717, 1.165) is 0 Å². The molecule has 0 radical (unpaired) electrons. The van der Waals surface area contributed by atoms with Gasteiger partial charge in [0.1, 0.15) is 12.6 Å². The average molecular weight is 253 g/mol. The summed E-state index contributed by atoms with van der Waals surface area (Å²) in [4.78, 5) is 13.4. The van der Waals surface area contributed by atoms with Crippen LogP contribution in [0.25, 0.3) is 0 Å². The van der Waals surface area contributed by atoms with Crippen LogP contribution in [0.3, 0.4) is 0 Å². The molecular formula is C11H15N3O4. The number of rotatable bonds is 3. The van der Waals surface area contributed by atoms with Gasteiger partial charge in [-0.1, -0.05) is 12.7 Å². The van der Waals surface area contributed by atoms with Gasteiger partial charge in [-0.2, -0.15) is 0 Å². The van der Waals surface area contributed by atoms with Crippen LogP contribution in [0, 0.1) is 6.92 Å². The highest BCUT2D eigenvalue weighted by Gasteiger charge is 2.33. The van der Waals surface area contributed by atoms with Crippen LogP contribution in [0.1, 0.15) is 17.8 Å². The van der Waals surface area contributed by atoms with Gasteiger partial charge in [0.15, 0.2) is 0 Å². The second kappa shape index (κ2) is 5.63. The van der Waals surface area contributed by atoms with Crippen LogP contribution in [0.15, 0.2) is 17.1 Å². The predicted molar refractivity (Wildman–Crippen MR) is 60.8 cm³/mol. The molecule has 1 aromatic heterocycles.